The number of hydrogen-bond donors (Lipinski definition) is 2. The van der Waals surface area contributed by atoms with E-state index in [2.05, 4.69) is 31.8 Å². The summed E-state index contributed by atoms with van der Waals surface area (Å²) in [5.74, 6) is -0.952. The minimum Gasteiger partial charge on any atom is -0.343 e. The highest BCUT2D eigenvalue weighted by atomic mass is 79.9. The van der Waals surface area contributed by atoms with E-state index in [1.165, 1.54) is 24.4 Å². The number of hydrazone groups is 1. The Balaban J connectivity index is 1.87. The second-order valence-corrected chi connectivity index (χ2v) is 6.28. The van der Waals surface area contributed by atoms with Crippen molar-refractivity contribution in [2.45, 2.75) is 0 Å². The molecule has 0 saturated carbocycles. The van der Waals surface area contributed by atoms with Crippen molar-refractivity contribution in [2.24, 2.45) is 5.10 Å². The molecule has 0 aliphatic heterocycles. The van der Waals surface area contributed by atoms with Crippen molar-refractivity contribution >= 4 is 51.2 Å². The molecule has 2 aromatic carbocycles. The van der Waals surface area contributed by atoms with Crippen LogP contribution in [0.4, 0.5) is 5.69 Å². The first kappa shape index (κ1) is 19.5. The summed E-state index contributed by atoms with van der Waals surface area (Å²) in [4.78, 5) is 33.8. The van der Waals surface area contributed by atoms with E-state index in [1.54, 1.807) is 24.3 Å². The van der Waals surface area contributed by atoms with Gasteiger partial charge in [0, 0.05) is 21.7 Å². The van der Waals surface area contributed by atoms with Gasteiger partial charge < -0.3 is 5.32 Å². The number of nitro groups is 1. The Morgan fingerprint density at radius 3 is 2.73 bits per heavy atom. The van der Waals surface area contributed by atoms with E-state index < -0.39 is 16.7 Å². The van der Waals surface area contributed by atoms with Gasteiger partial charge in [0.1, 0.15) is 5.02 Å². The topological polar surface area (TPSA) is 114 Å². The lowest BCUT2D eigenvalue weighted by Gasteiger charge is -2.04. The number of nitrogens with zero attached hydrogens (tertiary/aromatic N) is 2. The molecule has 2 aromatic rings. The van der Waals surface area contributed by atoms with Crippen LogP contribution >= 0.6 is 27.5 Å². The van der Waals surface area contributed by atoms with Crippen molar-refractivity contribution in [2.75, 3.05) is 6.54 Å². The molecule has 2 amide bonds. The summed E-state index contributed by atoms with van der Waals surface area (Å²) in [6.45, 7) is -0.274. The molecular weight excluding hydrogens is 428 g/mol. The fourth-order valence-electron chi connectivity index (χ4n) is 1.86. The minimum absolute atomic E-state index is 0.00597. The molecule has 0 aliphatic carbocycles. The maximum Gasteiger partial charge on any atom is 0.288 e. The van der Waals surface area contributed by atoms with Crippen molar-refractivity contribution in [3.63, 3.8) is 0 Å². The van der Waals surface area contributed by atoms with Gasteiger partial charge in [0.25, 0.3) is 17.5 Å². The number of nitro benzene ring substituents is 1. The second-order valence-electron chi connectivity index (χ2n) is 4.95. The Bertz CT molecular complexity index is 888. The maximum atomic E-state index is 11.9. The smallest absolute Gasteiger partial charge is 0.288 e. The highest BCUT2D eigenvalue weighted by molar-refractivity contribution is 9.10. The molecular formula is C16H12BrClN4O4. The van der Waals surface area contributed by atoms with Gasteiger partial charge in [0.2, 0.25) is 0 Å². The normalized spacial score (nSPS) is 10.5. The number of carbonyl (C=O) groups is 2. The summed E-state index contributed by atoms with van der Waals surface area (Å²) in [5.41, 5.74) is 2.75. The van der Waals surface area contributed by atoms with E-state index in [0.29, 0.717) is 11.1 Å². The van der Waals surface area contributed by atoms with E-state index in [9.17, 15) is 19.7 Å². The fourth-order valence-corrected chi connectivity index (χ4v) is 2.45. The first-order valence-corrected chi connectivity index (χ1v) is 8.33. The van der Waals surface area contributed by atoms with Gasteiger partial charge in [-0.15, -0.1) is 0 Å². The van der Waals surface area contributed by atoms with Crippen LogP contribution in [-0.4, -0.2) is 29.5 Å². The van der Waals surface area contributed by atoms with Crippen LogP contribution in [0.25, 0.3) is 0 Å². The largest absolute Gasteiger partial charge is 0.343 e. The second kappa shape index (κ2) is 9.07. The third kappa shape index (κ3) is 5.64. The summed E-state index contributed by atoms with van der Waals surface area (Å²) >= 11 is 8.96. The number of amides is 2. The van der Waals surface area contributed by atoms with Gasteiger partial charge in [-0.25, -0.2) is 5.43 Å². The average molecular weight is 440 g/mol. The quantitative estimate of drug-likeness (QED) is 0.409. The summed E-state index contributed by atoms with van der Waals surface area (Å²) in [5, 5.41) is 17.0. The van der Waals surface area contributed by atoms with E-state index >= 15 is 0 Å². The van der Waals surface area contributed by atoms with Gasteiger partial charge in [-0.2, -0.15) is 5.10 Å². The summed E-state index contributed by atoms with van der Waals surface area (Å²) < 4.78 is 0.747. The zero-order valence-corrected chi connectivity index (χ0v) is 15.5. The van der Waals surface area contributed by atoms with E-state index in [4.69, 9.17) is 11.6 Å². The van der Waals surface area contributed by atoms with Gasteiger partial charge >= 0.3 is 0 Å². The molecule has 0 aliphatic rings. The lowest BCUT2D eigenvalue weighted by molar-refractivity contribution is -0.384. The predicted octanol–water partition coefficient (Wildman–Crippen LogP) is 2.89. The summed E-state index contributed by atoms with van der Waals surface area (Å²) in [6, 6.07) is 10.8. The van der Waals surface area contributed by atoms with Crippen LogP contribution < -0.4 is 10.7 Å². The van der Waals surface area contributed by atoms with Crippen molar-refractivity contribution in [3.8, 4) is 0 Å². The van der Waals surface area contributed by atoms with Gasteiger partial charge in [-0.05, 0) is 24.3 Å². The first-order chi connectivity index (χ1) is 12.4. The first-order valence-electron chi connectivity index (χ1n) is 7.16. The third-order valence-corrected chi connectivity index (χ3v) is 3.88. The lowest BCUT2D eigenvalue weighted by Crippen LogP contribution is -2.34. The molecule has 0 heterocycles. The van der Waals surface area contributed by atoms with Crippen molar-refractivity contribution in [3.05, 3.63) is 73.2 Å². The molecule has 8 nitrogen and oxygen atoms in total. The Kier molecular flexibility index (Phi) is 6.81. The molecule has 0 atom stereocenters. The number of benzene rings is 2. The molecule has 0 aromatic heterocycles. The summed E-state index contributed by atoms with van der Waals surface area (Å²) in [6.07, 6.45) is 1.23. The molecule has 134 valence electrons. The molecule has 0 unspecified atom stereocenters. The van der Waals surface area contributed by atoms with Crippen LogP contribution in [-0.2, 0) is 4.79 Å². The Labute approximate surface area is 161 Å². The van der Waals surface area contributed by atoms with Crippen molar-refractivity contribution in [1.29, 1.82) is 0 Å². The summed E-state index contributed by atoms with van der Waals surface area (Å²) in [7, 11) is 0. The molecule has 0 fully saturated rings. The number of carbonyl (C=O) groups excluding carboxylic acids is 2. The van der Waals surface area contributed by atoms with Crippen molar-refractivity contribution < 1.29 is 14.5 Å². The van der Waals surface area contributed by atoms with Gasteiger partial charge in [-0.1, -0.05) is 39.7 Å². The monoisotopic (exact) mass is 438 g/mol. The predicted molar refractivity (Wildman–Crippen MR) is 100 cm³/mol. The van der Waals surface area contributed by atoms with E-state index in [-0.39, 0.29) is 17.3 Å². The zero-order valence-electron chi connectivity index (χ0n) is 13.1. The van der Waals surface area contributed by atoms with E-state index in [0.717, 1.165) is 4.47 Å². The van der Waals surface area contributed by atoms with Crippen LogP contribution in [0.3, 0.4) is 0 Å². The number of nitrogens with one attached hydrogen (secondary N) is 2. The van der Waals surface area contributed by atoms with Gasteiger partial charge in [0.15, 0.2) is 0 Å². The molecule has 0 saturated heterocycles. The van der Waals surface area contributed by atoms with Crippen LogP contribution in [0.5, 0.6) is 0 Å². The van der Waals surface area contributed by atoms with Gasteiger partial charge in [-0.3, -0.25) is 19.7 Å². The Hall–Kier alpha value is -2.78. The average Bonchev–Trinajstić information content (AvgIpc) is 2.60. The molecule has 2 rings (SSSR count). The SMILES string of the molecule is O=C(CNC(=O)c1cccc(Br)c1)N/N=C/c1ccc(Cl)c([N+](=O)[O-])c1. The number of hydrogen-bond acceptors (Lipinski definition) is 5. The third-order valence-electron chi connectivity index (χ3n) is 3.07. The Morgan fingerprint density at radius 1 is 1.27 bits per heavy atom. The minimum atomic E-state index is -0.615. The Morgan fingerprint density at radius 2 is 2.04 bits per heavy atom. The van der Waals surface area contributed by atoms with Crippen LogP contribution in [0.1, 0.15) is 15.9 Å². The zero-order chi connectivity index (χ0) is 19.1. The molecule has 2 N–H and O–H groups in total. The molecule has 0 spiro atoms. The molecule has 26 heavy (non-hydrogen) atoms. The number of halogens is 2. The molecule has 10 heteroatoms. The van der Waals surface area contributed by atoms with E-state index in [1.807, 2.05) is 0 Å². The fraction of sp³-hybridized carbons (Fsp3) is 0.0625. The lowest BCUT2D eigenvalue weighted by atomic mass is 10.2. The van der Waals surface area contributed by atoms with Gasteiger partial charge in [0.05, 0.1) is 17.7 Å². The van der Waals surface area contributed by atoms with Crippen LogP contribution in [0.15, 0.2) is 52.0 Å². The molecule has 0 radical (unpaired) electrons. The molecule has 0 bridgehead atoms. The highest BCUT2D eigenvalue weighted by Crippen LogP contribution is 2.24. The number of rotatable bonds is 6. The standard InChI is InChI=1S/C16H12BrClN4O4/c17-12-3-1-2-11(7-12)16(24)19-9-15(23)21-20-8-10-4-5-13(18)14(6-10)22(25)26/h1-8H,9H2,(H,19,24)(H,21,23)/b20-8+. The maximum absolute atomic E-state index is 11.9. The highest BCUT2D eigenvalue weighted by Gasteiger charge is 2.12. The van der Waals surface area contributed by atoms with Crippen LogP contribution in [0, 0.1) is 10.1 Å². The van der Waals surface area contributed by atoms with Crippen molar-refractivity contribution in [1.82, 2.24) is 10.7 Å². The van der Waals surface area contributed by atoms with Crippen LogP contribution in [0.2, 0.25) is 5.02 Å².